The third-order valence-electron chi connectivity index (χ3n) is 2.40. The summed E-state index contributed by atoms with van der Waals surface area (Å²) in [5, 5.41) is 8.76. The van der Waals surface area contributed by atoms with Gasteiger partial charge in [0, 0.05) is 11.1 Å². The van der Waals surface area contributed by atoms with Crippen LogP contribution in [-0.2, 0) is 6.42 Å². The van der Waals surface area contributed by atoms with Gasteiger partial charge in [-0.1, -0.05) is 22.0 Å². The summed E-state index contributed by atoms with van der Waals surface area (Å²) < 4.78 is 1.16. The van der Waals surface area contributed by atoms with Crippen molar-refractivity contribution in [3.05, 3.63) is 33.3 Å². The molecule has 1 N–H and O–H groups in total. The molecule has 0 aliphatic heterocycles. The topological polar surface area (TPSA) is 20.2 Å². The zero-order valence-corrected chi connectivity index (χ0v) is 9.69. The molecule has 1 rings (SSSR count). The van der Waals surface area contributed by atoms with Crippen LogP contribution in [0.25, 0.3) is 0 Å². The lowest BCUT2D eigenvalue weighted by Crippen LogP contribution is -1.96. The largest absolute Gasteiger partial charge is 0.396 e. The van der Waals surface area contributed by atoms with Crippen molar-refractivity contribution in [3.8, 4) is 0 Å². The van der Waals surface area contributed by atoms with Crippen LogP contribution in [0.3, 0.4) is 0 Å². The van der Waals surface area contributed by atoms with E-state index in [1.165, 1.54) is 16.7 Å². The molecule has 2 heteroatoms. The minimum Gasteiger partial charge on any atom is -0.396 e. The lowest BCUT2D eigenvalue weighted by atomic mass is 10.00. The first kappa shape index (κ1) is 10.7. The molecule has 0 aliphatic rings. The molecule has 0 fully saturated rings. The van der Waals surface area contributed by atoms with E-state index in [-0.39, 0.29) is 6.61 Å². The summed E-state index contributed by atoms with van der Waals surface area (Å²) in [4.78, 5) is 0. The van der Waals surface area contributed by atoms with E-state index in [2.05, 4.69) is 41.9 Å². The number of halogens is 1. The first-order chi connectivity index (χ1) is 6.16. The molecule has 0 atom stereocenters. The van der Waals surface area contributed by atoms with Gasteiger partial charge in [0.2, 0.25) is 0 Å². The molecule has 0 aromatic heterocycles. The van der Waals surface area contributed by atoms with Crippen LogP contribution >= 0.6 is 15.9 Å². The van der Waals surface area contributed by atoms with E-state index < -0.39 is 0 Å². The second kappa shape index (κ2) is 4.77. The number of aliphatic hydroxyl groups excluding tert-OH is 1. The second-order valence-electron chi connectivity index (χ2n) is 3.29. The lowest BCUT2D eigenvalue weighted by molar-refractivity contribution is 0.288. The monoisotopic (exact) mass is 242 g/mol. The smallest absolute Gasteiger partial charge is 0.0434 e. The van der Waals surface area contributed by atoms with Gasteiger partial charge in [-0.25, -0.2) is 0 Å². The number of aliphatic hydroxyl groups is 1. The quantitative estimate of drug-likeness (QED) is 0.865. The second-order valence-corrected chi connectivity index (χ2v) is 4.15. The van der Waals surface area contributed by atoms with E-state index in [4.69, 9.17) is 5.11 Å². The van der Waals surface area contributed by atoms with Gasteiger partial charge in [-0.15, -0.1) is 0 Å². The van der Waals surface area contributed by atoms with E-state index in [1.54, 1.807) is 0 Å². The molecule has 1 aromatic rings. The van der Waals surface area contributed by atoms with Crippen molar-refractivity contribution in [2.75, 3.05) is 6.61 Å². The standard InChI is InChI=1S/C11H15BrO/c1-8-5-6-11(12)10(9(8)2)4-3-7-13/h5-6,13H,3-4,7H2,1-2H3. The predicted octanol–water partition coefficient (Wildman–Crippen LogP) is 2.99. The van der Waals surface area contributed by atoms with Crippen LogP contribution in [0.4, 0.5) is 0 Å². The van der Waals surface area contributed by atoms with Gasteiger partial charge < -0.3 is 5.11 Å². The van der Waals surface area contributed by atoms with E-state index >= 15 is 0 Å². The van der Waals surface area contributed by atoms with Gasteiger partial charge >= 0.3 is 0 Å². The summed E-state index contributed by atoms with van der Waals surface area (Å²) in [5.74, 6) is 0. The molecule has 0 bridgehead atoms. The molecular weight excluding hydrogens is 228 g/mol. The maximum Gasteiger partial charge on any atom is 0.0434 e. The Kier molecular flexibility index (Phi) is 3.94. The van der Waals surface area contributed by atoms with Gasteiger partial charge in [-0.3, -0.25) is 0 Å². The average molecular weight is 243 g/mol. The van der Waals surface area contributed by atoms with E-state index in [0.29, 0.717) is 0 Å². The zero-order valence-electron chi connectivity index (χ0n) is 8.10. The molecule has 0 unspecified atom stereocenters. The molecule has 0 amide bonds. The highest BCUT2D eigenvalue weighted by molar-refractivity contribution is 9.10. The number of hydrogen-bond donors (Lipinski definition) is 1. The fourth-order valence-corrected chi connectivity index (χ4v) is 2.03. The van der Waals surface area contributed by atoms with Crippen molar-refractivity contribution in [1.29, 1.82) is 0 Å². The molecule has 0 heterocycles. The maximum atomic E-state index is 8.76. The molecule has 0 aliphatic carbocycles. The molecule has 0 radical (unpaired) electrons. The number of rotatable bonds is 3. The summed E-state index contributed by atoms with van der Waals surface area (Å²) in [6.07, 6.45) is 1.79. The molecule has 0 spiro atoms. The van der Waals surface area contributed by atoms with Gasteiger partial charge in [0.1, 0.15) is 0 Å². The summed E-state index contributed by atoms with van der Waals surface area (Å²) in [5.41, 5.74) is 3.98. The zero-order chi connectivity index (χ0) is 9.84. The lowest BCUT2D eigenvalue weighted by Gasteiger charge is -2.10. The Morgan fingerprint density at radius 1 is 1.31 bits per heavy atom. The summed E-state index contributed by atoms with van der Waals surface area (Å²) in [7, 11) is 0. The highest BCUT2D eigenvalue weighted by Crippen LogP contribution is 2.24. The van der Waals surface area contributed by atoms with Crippen molar-refractivity contribution < 1.29 is 5.11 Å². The maximum absolute atomic E-state index is 8.76. The fourth-order valence-electron chi connectivity index (χ4n) is 1.40. The first-order valence-electron chi connectivity index (χ1n) is 4.52. The third-order valence-corrected chi connectivity index (χ3v) is 3.14. The van der Waals surface area contributed by atoms with E-state index in [9.17, 15) is 0 Å². The summed E-state index contributed by atoms with van der Waals surface area (Å²) >= 11 is 3.53. The van der Waals surface area contributed by atoms with Crippen molar-refractivity contribution in [2.24, 2.45) is 0 Å². The van der Waals surface area contributed by atoms with Crippen LogP contribution in [-0.4, -0.2) is 11.7 Å². The molecule has 1 aromatic carbocycles. The first-order valence-corrected chi connectivity index (χ1v) is 5.31. The molecular formula is C11H15BrO. The van der Waals surface area contributed by atoms with Gasteiger partial charge in [-0.2, -0.15) is 0 Å². The molecule has 1 nitrogen and oxygen atoms in total. The molecule has 72 valence electrons. The van der Waals surface area contributed by atoms with Gasteiger partial charge in [0.15, 0.2) is 0 Å². The molecule has 0 saturated carbocycles. The highest BCUT2D eigenvalue weighted by Gasteiger charge is 2.04. The van der Waals surface area contributed by atoms with Gasteiger partial charge in [0.25, 0.3) is 0 Å². The fraction of sp³-hybridized carbons (Fsp3) is 0.455. The van der Waals surface area contributed by atoms with Crippen LogP contribution in [0.15, 0.2) is 16.6 Å². The normalized spacial score (nSPS) is 10.5. The van der Waals surface area contributed by atoms with Crippen molar-refractivity contribution in [1.82, 2.24) is 0 Å². The average Bonchev–Trinajstić information content (AvgIpc) is 2.12. The molecule has 0 saturated heterocycles. The summed E-state index contributed by atoms with van der Waals surface area (Å²) in [6, 6.07) is 4.19. The Hall–Kier alpha value is -0.340. The third kappa shape index (κ3) is 2.55. The highest BCUT2D eigenvalue weighted by atomic mass is 79.9. The van der Waals surface area contributed by atoms with E-state index in [0.717, 1.165) is 17.3 Å². The van der Waals surface area contributed by atoms with Crippen molar-refractivity contribution in [3.63, 3.8) is 0 Å². The van der Waals surface area contributed by atoms with Gasteiger partial charge in [-0.05, 0) is 49.4 Å². The van der Waals surface area contributed by atoms with Crippen LogP contribution in [0.1, 0.15) is 23.1 Å². The van der Waals surface area contributed by atoms with Crippen LogP contribution in [0.5, 0.6) is 0 Å². The number of hydrogen-bond acceptors (Lipinski definition) is 1. The van der Waals surface area contributed by atoms with Crippen molar-refractivity contribution >= 4 is 15.9 Å². The van der Waals surface area contributed by atoms with Gasteiger partial charge in [0.05, 0.1) is 0 Å². The van der Waals surface area contributed by atoms with Crippen LogP contribution in [0.2, 0.25) is 0 Å². The van der Waals surface area contributed by atoms with Crippen LogP contribution in [0, 0.1) is 13.8 Å². The Morgan fingerprint density at radius 2 is 2.00 bits per heavy atom. The Morgan fingerprint density at radius 3 is 2.62 bits per heavy atom. The van der Waals surface area contributed by atoms with Crippen LogP contribution < -0.4 is 0 Å². The molecule has 13 heavy (non-hydrogen) atoms. The summed E-state index contributed by atoms with van der Waals surface area (Å²) in [6.45, 7) is 4.51. The SMILES string of the molecule is Cc1ccc(Br)c(CCCO)c1C. The van der Waals surface area contributed by atoms with E-state index in [1.807, 2.05) is 0 Å². The Balaban J connectivity index is 2.96. The predicted molar refractivity (Wildman–Crippen MR) is 59.0 cm³/mol. The Bertz CT molecular complexity index is 294. The number of benzene rings is 1. The minimum atomic E-state index is 0.264. The van der Waals surface area contributed by atoms with Crippen molar-refractivity contribution in [2.45, 2.75) is 26.7 Å². The number of aryl methyl sites for hydroxylation is 1. The minimum absolute atomic E-state index is 0.264. The Labute approximate surface area is 87.9 Å².